The van der Waals surface area contributed by atoms with Gasteiger partial charge in [-0.05, 0) is 30.0 Å². The van der Waals surface area contributed by atoms with Crippen molar-refractivity contribution in [3.8, 4) is 5.88 Å². The van der Waals surface area contributed by atoms with Gasteiger partial charge in [0, 0.05) is 18.5 Å². The molecule has 3 heteroatoms. The molecule has 0 spiro atoms. The van der Waals surface area contributed by atoms with Gasteiger partial charge in [-0.15, -0.1) is 0 Å². The van der Waals surface area contributed by atoms with Crippen LogP contribution in [0.25, 0.3) is 0 Å². The van der Waals surface area contributed by atoms with Crippen LogP contribution in [-0.2, 0) is 13.0 Å². The number of aromatic nitrogens is 2. The molecule has 0 atom stereocenters. The highest BCUT2D eigenvalue weighted by molar-refractivity contribution is 5.18. The minimum Gasteiger partial charge on any atom is -0.471 e. The SMILES string of the molecule is CC(C)Cc1ccc(OCc2ccccn2)nc1. The topological polar surface area (TPSA) is 35.0 Å². The molecule has 0 fully saturated rings. The summed E-state index contributed by atoms with van der Waals surface area (Å²) in [6.07, 6.45) is 4.69. The summed E-state index contributed by atoms with van der Waals surface area (Å²) in [5, 5.41) is 0. The van der Waals surface area contributed by atoms with E-state index in [1.165, 1.54) is 5.56 Å². The quantitative estimate of drug-likeness (QED) is 0.807. The summed E-state index contributed by atoms with van der Waals surface area (Å²) in [6.45, 7) is 4.86. The second-order valence-corrected chi connectivity index (χ2v) is 4.71. The fourth-order valence-electron chi connectivity index (χ4n) is 1.72. The molecule has 2 rings (SSSR count). The van der Waals surface area contributed by atoms with Gasteiger partial charge in [0.15, 0.2) is 0 Å². The predicted molar refractivity (Wildman–Crippen MR) is 71.3 cm³/mol. The first-order valence-electron chi connectivity index (χ1n) is 6.21. The van der Waals surface area contributed by atoms with Crippen molar-refractivity contribution in [2.24, 2.45) is 5.92 Å². The van der Waals surface area contributed by atoms with Crippen molar-refractivity contribution in [1.29, 1.82) is 0 Å². The van der Waals surface area contributed by atoms with E-state index in [0.717, 1.165) is 12.1 Å². The second-order valence-electron chi connectivity index (χ2n) is 4.71. The molecule has 0 aliphatic rings. The van der Waals surface area contributed by atoms with E-state index in [9.17, 15) is 0 Å². The minimum absolute atomic E-state index is 0.456. The maximum atomic E-state index is 5.58. The first-order chi connectivity index (χ1) is 8.74. The summed E-state index contributed by atoms with van der Waals surface area (Å²) in [5.74, 6) is 1.29. The molecule has 3 nitrogen and oxygen atoms in total. The van der Waals surface area contributed by atoms with Crippen LogP contribution in [0.1, 0.15) is 25.1 Å². The van der Waals surface area contributed by atoms with E-state index in [-0.39, 0.29) is 0 Å². The van der Waals surface area contributed by atoms with Gasteiger partial charge in [-0.1, -0.05) is 26.0 Å². The lowest BCUT2D eigenvalue weighted by Gasteiger charge is -2.07. The Morgan fingerprint density at radius 2 is 2.00 bits per heavy atom. The average molecular weight is 242 g/mol. The first kappa shape index (κ1) is 12.6. The van der Waals surface area contributed by atoms with Crippen LogP contribution in [0, 0.1) is 5.92 Å². The molecule has 0 radical (unpaired) electrons. The number of hydrogen-bond donors (Lipinski definition) is 0. The van der Waals surface area contributed by atoms with Crippen LogP contribution in [0.15, 0.2) is 42.7 Å². The molecule has 2 aromatic rings. The molecule has 0 aromatic carbocycles. The first-order valence-corrected chi connectivity index (χ1v) is 6.21. The van der Waals surface area contributed by atoms with Gasteiger partial charge in [0.05, 0.1) is 5.69 Å². The molecular weight excluding hydrogens is 224 g/mol. The van der Waals surface area contributed by atoms with Gasteiger partial charge in [0.1, 0.15) is 6.61 Å². The Morgan fingerprint density at radius 3 is 2.61 bits per heavy atom. The van der Waals surface area contributed by atoms with Crippen molar-refractivity contribution in [3.63, 3.8) is 0 Å². The Labute approximate surface area is 108 Å². The Bertz CT molecular complexity index is 466. The molecule has 2 heterocycles. The van der Waals surface area contributed by atoms with Gasteiger partial charge in [-0.2, -0.15) is 0 Å². The third kappa shape index (κ3) is 3.84. The normalized spacial score (nSPS) is 10.6. The second kappa shape index (κ2) is 6.15. The highest BCUT2D eigenvalue weighted by Gasteiger charge is 2.00. The summed E-state index contributed by atoms with van der Waals surface area (Å²) in [7, 11) is 0. The molecule has 18 heavy (non-hydrogen) atoms. The van der Waals surface area contributed by atoms with Crippen LogP contribution in [-0.4, -0.2) is 9.97 Å². The largest absolute Gasteiger partial charge is 0.471 e. The fourth-order valence-corrected chi connectivity index (χ4v) is 1.72. The molecule has 0 saturated carbocycles. The van der Waals surface area contributed by atoms with E-state index in [2.05, 4.69) is 29.9 Å². The monoisotopic (exact) mass is 242 g/mol. The van der Waals surface area contributed by atoms with Crippen LogP contribution in [0.3, 0.4) is 0 Å². The maximum Gasteiger partial charge on any atom is 0.213 e. The van der Waals surface area contributed by atoms with Gasteiger partial charge in [0.2, 0.25) is 5.88 Å². The molecule has 0 aliphatic heterocycles. The van der Waals surface area contributed by atoms with E-state index in [1.54, 1.807) is 6.20 Å². The molecular formula is C15H18N2O. The van der Waals surface area contributed by atoms with Crippen molar-refractivity contribution in [2.45, 2.75) is 26.9 Å². The molecule has 0 saturated heterocycles. The number of ether oxygens (including phenoxy) is 1. The number of hydrogen-bond acceptors (Lipinski definition) is 3. The van der Waals surface area contributed by atoms with E-state index in [4.69, 9.17) is 4.74 Å². The average Bonchev–Trinajstić information content (AvgIpc) is 2.38. The summed E-state index contributed by atoms with van der Waals surface area (Å²) >= 11 is 0. The fraction of sp³-hybridized carbons (Fsp3) is 0.333. The third-order valence-electron chi connectivity index (χ3n) is 2.54. The Kier molecular flexibility index (Phi) is 4.29. The summed E-state index contributed by atoms with van der Waals surface area (Å²) in [4.78, 5) is 8.49. The third-order valence-corrected chi connectivity index (χ3v) is 2.54. The van der Waals surface area contributed by atoms with Crippen LogP contribution in [0.2, 0.25) is 0 Å². The maximum absolute atomic E-state index is 5.58. The highest BCUT2D eigenvalue weighted by atomic mass is 16.5. The van der Waals surface area contributed by atoms with Crippen molar-refractivity contribution in [3.05, 3.63) is 54.0 Å². The predicted octanol–water partition coefficient (Wildman–Crippen LogP) is 3.25. The summed E-state index contributed by atoms with van der Waals surface area (Å²) in [6, 6.07) is 9.77. The van der Waals surface area contributed by atoms with E-state index in [0.29, 0.717) is 18.4 Å². The van der Waals surface area contributed by atoms with E-state index in [1.807, 2.05) is 30.5 Å². The Balaban J connectivity index is 1.90. The number of rotatable bonds is 5. The lowest BCUT2D eigenvalue weighted by molar-refractivity contribution is 0.289. The van der Waals surface area contributed by atoms with Crippen molar-refractivity contribution < 1.29 is 4.74 Å². The summed E-state index contributed by atoms with van der Waals surface area (Å²) in [5.41, 5.74) is 2.15. The molecule has 0 aliphatic carbocycles. The smallest absolute Gasteiger partial charge is 0.213 e. The zero-order valence-corrected chi connectivity index (χ0v) is 10.8. The highest BCUT2D eigenvalue weighted by Crippen LogP contribution is 2.12. The number of pyridine rings is 2. The van der Waals surface area contributed by atoms with Crippen LogP contribution in [0.5, 0.6) is 5.88 Å². The molecule has 0 bridgehead atoms. The van der Waals surface area contributed by atoms with Gasteiger partial charge in [-0.3, -0.25) is 4.98 Å². The van der Waals surface area contributed by atoms with Gasteiger partial charge < -0.3 is 4.74 Å². The zero-order valence-electron chi connectivity index (χ0n) is 10.8. The molecule has 0 unspecified atom stereocenters. The molecule has 94 valence electrons. The number of nitrogens with zero attached hydrogens (tertiary/aromatic N) is 2. The summed E-state index contributed by atoms with van der Waals surface area (Å²) < 4.78 is 5.58. The van der Waals surface area contributed by atoms with Gasteiger partial charge >= 0.3 is 0 Å². The Morgan fingerprint density at radius 1 is 1.11 bits per heavy atom. The minimum atomic E-state index is 0.456. The van der Waals surface area contributed by atoms with E-state index >= 15 is 0 Å². The molecule has 2 aromatic heterocycles. The van der Waals surface area contributed by atoms with Crippen LogP contribution >= 0.6 is 0 Å². The lowest BCUT2D eigenvalue weighted by atomic mass is 10.1. The van der Waals surface area contributed by atoms with E-state index < -0.39 is 0 Å². The van der Waals surface area contributed by atoms with Crippen LogP contribution < -0.4 is 4.74 Å². The molecule has 0 N–H and O–H groups in total. The Hall–Kier alpha value is -1.90. The zero-order chi connectivity index (χ0) is 12.8. The van der Waals surface area contributed by atoms with Crippen molar-refractivity contribution in [2.75, 3.05) is 0 Å². The lowest BCUT2D eigenvalue weighted by Crippen LogP contribution is -2.00. The van der Waals surface area contributed by atoms with Crippen molar-refractivity contribution >= 4 is 0 Å². The standard InChI is InChI=1S/C15H18N2O/c1-12(2)9-13-6-7-15(17-10-13)18-11-14-5-3-4-8-16-14/h3-8,10,12H,9,11H2,1-2H3. The van der Waals surface area contributed by atoms with Gasteiger partial charge in [0.25, 0.3) is 0 Å². The van der Waals surface area contributed by atoms with Crippen LogP contribution in [0.4, 0.5) is 0 Å². The molecule has 0 amide bonds. The van der Waals surface area contributed by atoms with Crippen molar-refractivity contribution in [1.82, 2.24) is 9.97 Å². The van der Waals surface area contributed by atoms with Gasteiger partial charge in [-0.25, -0.2) is 4.98 Å².